The number of rotatable bonds is 1. The summed E-state index contributed by atoms with van der Waals surface area (Å²) in [5, 5.41) is 9.27. The van der Waals surface area contributed by atoms with Crippen molar-refractivity contribution in [2.24, 2.45) is 5.41 Å². The number of nitrogens with zero attached hydrogens (tertiary/aromatic N) is 2. The van der Waals surface area contributed by atoms with Gasteiger partial charge in [-0.15, -0.1) is 0 Å². The van der Waals surface area contributed by atoms with E-state index in [1.807, 2.05) is 18.2 Å². The number of sulfonamides is 1. The van der Waals surface area contributed by atoms with E-state index < -0.39 is 16.1 Å². The molecule has 0 aliphatic carbocycles. The molecule has 2 aliphatic rings. The van der Waals surface area contributed by atoms with Gasteiger partial charge in [-0.3, -0.25) is 0 Å². The van der Waals surface area contributed by atoms with Crippen LogP contribution in [0.4, 0.5) is 4.79 Å². The molecule has 0 bridgehead atoms. The highest BCUT2D eigenvalue weighted by atomic mass is 32.2. The van der Waals surface area contributed by atoms with Crippen LogP contribution >= 0.6 is 0 Å². The van der Waals surface area contributed by atoms with Crippen LogP contribution in [0.25, 0.3) is 0 Å². The number of benzene rings is 1. The molecule has 1 N–H and O–H groups in total. The summed E-state index contributed by atoms with van der Waals surface area (Å²) < 4.78 is 27.0. The molecule has 0 aromatic heterocycles. The van der Waals surface area contributed by atoms with Crippen molar-refractivity contribution in [1.82, 2.24) is 9.21 Å². The van der Waals surface area contributed by atoms with E-state index >= 15 is 0 Å². The molecule has 2 heterocycles. The Balaban J connectivity index is 2.12. The first kappa shape index (κ1) is 19.2. The molecular weight excluding hydrogens is 352 g/mol. The number of carbonyl (C=O) groups is 1. The average molecular weight is 381 g/mol. The quantitative estimate of drug-likeness (QED) is 0.812. The molecule has 0 radical (unpaired) electrons. The van der Waals surface area contributed by atoms with Crippen molar-refractivity contribution >= 4 is 16.1 Å². The number of likely N-dealkylation sites (tertiary alicyclic amines) is 1. The normalized spacial score (nSPS) is 23.7. The van der Waals surface area contributed by atoms with Crippen molar-refractivity contribution < 1.29 is 18.3 Å². The first-order chi connectivity index (χ1) is 12.0. The number of amides is 1. The van der Waals surface area contributed by atoms with Crippen LogP contribution in [0.15, 0.2) is 24.3 Å². The maximum Gasteiger partial charge on any atom is 0.407 e. The predicted octanol–water partition coefficient (Wildman–Crippen LogP) is 3.06. The van der Waals surface area contributed by atoms with Crippen molar-refractivity contribution in [3.05, 3.63) is 35.4 Å². The summed E-state index contributed by atoms with van der Waals surface area (Å²) in [6.07, 6.45) is 1.65. The zero-order chi connectivity index (χ0) is 19.3. The SMILES string of the molecule is CC(C)(C)C1c2ccccc2C2(CCN(C(=O)O)CC2)CN1S(C)(=O)=O. The van der Waals surface area contributed by atoms with Gasteiger partial charge in [0.2, 0.25) is 10.0 Å². The molecule has 1 aromatic rings. The van der Waals surface area contributed by atoms with Crippen LogP contribution in [0.1, 0.15) is 50.8 Å². The van der Waals surface area contributed by atoms with Crippen molar-refractivity contribution in [1.29, 1.82) is 0 Å². The van der Waals surface area contributed by atoms with Gasteiger partial charge >= 0.3 is 6.09 Å². The maximum absolute atomic E-state index is 12.7. The molecule has 1 unspecified atom stereocenters. The monoisotopic (exact) mass is 380 g/mol. The van der Waals surface area contributed by atoms with Gasteiger partial charge in [-0.2, -0.15) is 4.31 Å². The van der Waals surface area contributed by atoms with Crippen molar-refractivity contribution in [3.8, 4) is 0 Å². The molecule has 1 atom stereocenters. The third-order valence-electron chi connectivity index (χ3n) is 5.81. The summed E-state index contributed by atoms with van der Waals surface area (Å²) in [7, 11) is -3.40. The molecule has 6 nitrogen and oxygen atoms in total. The van der Waals surface area contributed by atoms with Crippen LogP contribution in [0.5, 0.6) is 0 Å². The molecule has 0 saturated carbocycles. The Kier molecular flexibility index (Phi) is 4.60. The van der Waals surface area contributed by atoms with Crippen LogP contribution in [-0.2, 0) is 15.4 Å². The minimum atomic E-state index is -3.40. The maximum atomic E-state index is 12.7. The summed E-state index contributed by atoms with van der Waals surface area (Å²) in [5.74, 6) is 0. The summed E-state index contributed by atoms with van der Waals surface area (Å²) in [6, 6.07) is 7.87. The van der Waals surface area contributed by atoms with E-state index in [1.165, 1.54) is 16.7 Å². The Morgan fingerprint density at radius 2 is 1.77 bits per heavy atom. The van der Waals surface area contributed by atoms with E-state index in [-0.39, 0.29) is 16.9 Å². The topological polar surface area (TPSA) is 77.9 Å². The van der Waals surface area contributed by atoms with Crippen LogP contribution in [0, 0.1) is 5.41 Å². The smallest absolute Gasteiger partial charge is 0.407 e. The van der Waals surface area contributed by atoms with Gasteiger partial charge in [-0.05, 0) is 29.4 Å². The van der Waals surface area contributed by atoms with E-state index in [0.717, 1.165) is 5.56 Å². The van der Waals surface area contributed by atoms with Gasteiger partial charge in [0.05, 0.1) is 12.3 Å². The minimum absolute atomic E-state index is 0.225. The van der Waals surface area contributed by atoms with Gasteiger partial charge in [0.1, 0.15) is 0 Å². The zero-order valence-electron chi connectivity index (χ0n) is 15.9. The standard InChI is InChI=1S/C19H28N2O4S/c1-18(2,3)16-14-7-5-6-8-15(14)19(13-21(16)26(4,24)25)9-11-20(12-10-19)17(22)23/h5-8,16H,9-13H2,1-4H3,(H,22,23). The molecule has 1 saturated heterocycles. The molecule has 1 spiro atoms. The fourth-order valence-electron chi connectivity index (χ4n) is 4.61. The lowest BCUT2D eigenvalue weighted by molar-refractivity contribution is 0.0788. The zero-order valence-corrected chi connectivity index (χ0v) is 16.7. The van der Waals surface area contributed by atoms with E-state index in [0.29, 0.717) is 32.5 Å². The summed E-state index contributed by atoms with van der Waals surface area (Å²) in [4.78, 5) is 12.7. The van der Waals surface area contributed by atoms with Crippen molar-refractivity contribution in [2.75, 3.05) is 25.9 Å². The lowest BCUT2D eigenvalue weighted by Gasteiger charge is -2.53. The number of hydrogen-bond donors (Lipinski definition) is 1. The first-order valence-corrected chi connectivity index (χ1v) is 10.8. The van der Waals surface area contributed by atoms with Gasteiger partial charge in [0, 0.05) is 25.0 Å². The molecule has 26 heavy (non-hydrogen) atoms. The molecule has 2 aliphatic heterocycles. The largest absolute Gasteiger partial charge is 0.465 e. The van der Waals surface area contributed by atoms with E-state index in [2.05, 4.69) is 26.8 Å². The molecule has 3 rings (SSSR count). The highest BCUT2D eigenvalue weighted by molar-refractivity contribution is 7.88. The Labute approximate surface area is 155 Å². The molecular formula is C19H28N2O4S. The third-order valence-corrected chi connectivity index (χ3v) is 7.00. The Morgan fingerprint density at radius 1 is 1.19 bits per heavy atom. The highest BCUT2D eigenvalue weighted by Crippen LogP contribution is 2.51. The third kappa shape index (κ3) is 3.22. The second-order valence-electron chi connectivity index (χ2n) is 8.71. The summed E-state index contributed by atoms with van der Waals surface area (Å²) >= 11 is 0. The van der Waals surface area contributed by atoms with E-state index in [9.17, 15) is 18.3 Å². The van der Waals surface area contributed by atoms with E-state index in [4.69, 9.17) is 0 Å². The second kappa shape index (κ2) is 6.23. The fourth-order valence-corrected chi connectivity index (χ4v) is 5.90. The second-order valence-corrected chi connectivity index (χ2v) is 10.6. The summed E-state index contributed by atoms with van der Waals surface area (Å²) in [5.41, 5.74) is 1.67. The molecule has 1 aromatic carbocycles. The predicted molar refractivity (Wildman–Crippen MR) is 101 cm³/mol. The summed E-state index contributed by atoms with van der Waals surface area (Å²) in [6.45, 7) is 7.48. The Bertz CT molecular complexity index is 805. The molecule has 1 amide bonds. The molecule has 1 fully saturated rings. The van der Waals surface area contributed by atoms with Crippen LogP contribution in [0.2, 0.25) is 0 Å². The molecule has 7 heteroatoms. The minimum Gasteiger partial charge on any atom is -0.465 e. The van der Waals surface area contributed by atoms with Gasteiger partial charge in [-0.25, -0.2) is 13.2 Å². The van der Waals surface area contributed by atoms with Crippen molar-refractivity contribution in [3.63, 3.8) is 0 Å². The first-order valence-electron chi connectivity index (χ1n) is 9.00. The van der Waals surface area contributed by atoms with E-state index in [1.54, 1.807) is 4.31 Å². The number of hydrogen-bond acceptors (Lipinski definition) is 3. The number of carboxylic acid groups (broad SMARTS) is 1. The Hall–Kier alpha value is -1.60. The molecule has 144 valence electrons. The lowest BCUT2D eigenvalue weighted by Crippen LogP contribution is -2.56. The van der Waals surface area contributed by atoms with Gasteiger partial charge in [0.25, 0.3) is 0 Å². The lowest BCUT2D eigenvalue weighted by atomic mass is 9.65. The van der Waals surface area contributed by atoms with Gasteiger partial charge in [0.15, 0.2) is 0 Å². The van der Waals surface area contributed by atoms with Crippen LogP contribution in [-0.4, -0.2) is 54.7 Å². The number of piperidine rings is 1. The van der Waals surface area contributed by atoms with Gasteiger partial charge < -0.3 is 10.0 Å². The Morgan fingerprint density at radius 3 is 2.27 bits per heavy atom. The average Bonchev–Trinajstić information content (AvgIpc) is 2.53. The van der Waals surface area contributed by atoms with Crippen LogP contribution < -0.4 is 0 Å². The van der Waals surface area contributed by atoms with Crippen molar-refractivity contribution in [2.45, 2.75) is 45.1 Å². The highest BCUT2D eigenvalue weighted by Gasteiger charge is 2.50. The van der Waals surface area contributed by atoms with Crippen LogP contribution in [0.3, 0.4) is 0 Å². The number of fused-ring (bicyclic) bond motifs is 2. The van der Waals surface area contributed by atoms with Gasteiger partial charge in [-0.1, -0.05) is 45.0 Å². The fraction of sp³-hybridized carbons (Fsp3) is 0.632.